The van der Waals surface area contributed by atoms with Crippen molar-refractivity contribution in [2.24, 2.45) is 5.92 Å². The Morgan fingerprint density at radius 1 is 1.00 bits per heavy atom. The van der Waals surface area contributed by atoms with Crippen molar-refractivity contribution in [1.29, 1.82) is 0 Å². The van der Waals surface area contributed by atoms with Gasteiger partial charge in [-0.3, -0.25) is 0 Å². The fraction of sp³-hybridized carbons (Fsp3) is 0.889. The first-order chi connectivity index (χ1) is 11.4. The zero-order valence-electron chi connectivity index (χ0n) is 14.1. The Labute approximate surface area is 138 Å². The van der Waals surface area contributed by atoms with E-state index in [9.17, 15) is 0 Å². The molecule has 23 heavy (non-hydrogen) atoms. The molecule has 0 aromatic carbocycles. The maximum atomic E-state index is 5.49. The summed E-state index contributed by atoms with van der Waals surface area (Å²) < 4.78 is 10.9. The minimum Gasteiger partial charge on any atom is -0.381 e. The number of piperidine rings is 1. The number of nitrogens with zero attached hydrogens (tertiary/aromatic N) is 3. The lowest BCUT2D eigenvalue weighted by molar-refractivity contribution is 0.0778. The van der Waals surface area contributed by atoms with Crippen LogP contribution in [0.5, 0.6) is 0 Å². The minimum absolute atomic E-state index is 0.413. The predicted octanol–water partition coefficient (Wildman–Crippen LogP) is 3.16. The fourth-order valence-electron chi connectivity index (χ4n) is 4.17. The van der Waals surface area contributed by atoms with Crippen LogP contribution in [0, 0.1) is 5.92 Å². The molecule has 128 valence electrons. The summed E-state index contributed by atoms with van der Waals surface area (Å²) >= 11 is 0. The van der Waals surface area contributed by atoms with Gasteiger partial charge in [0.2, 0.25) is 5.89 Å². The van der Waals surface area contributed by atoms with Crippen molar-refractivity contribution in [2.75, 3.05) is 26.3 Å². The van der Waals surface area contributed by atoms with Crippen LogP contribution in [0.2, 0.25) is 0 Å². The van der Waals surface area contributed by atoms with Gasteiger partial charge in [0, 0.05) is 31.6 Å². The largest absolute Gasteiger partial charge is 0.381 e. The lowest BCUT2D eigenvalue weighted by Crippen LogP contribution is -2.44. The van der Waals surface area contributed by atoms with Crippen LogP contribution < -0.4 is 0 Å². The van der Waals surface area contributed by atoms with E-state index in [1.54, 1.807) is 0 Å². The molecule has 1 aromatic rings. The normalized spacial score (nSPS) is 25.6. The van der Waals surface area contributed by atoms with Gasteiger partial charge in [-0.05, 0) is 64.0 Å². The average molecular weight is 319 g/mol. The van der Waals surface area contributed by atoms with Gasteiger partial charge in [0.15, 0.2) is 5.82 Å². The molecule has 3 heterocycles. The van der Waals surface area contributed by atoms with Gasteiger partial charge in [0.25, 0.3) is 0 Å². The van der Waals surface area contributed by atoms with Crippen molar-refractivity contribution in [3.05, 3.63) is 11.7 Å². The third-order valence-corrected chi connectivity index (χ3v) is 6.07. The summed E-state index contributed by atoms with van der Waals surface area (Å²) in [4.78, 5) is 7.36. The second kappa shape index (κ2) is 7.31. The number of ether oxygens (including phenoxy) is 1. The summed E-state index contributed by atoms with van der Waals surface area (Å²) in [5.41, 5.74) is 0. The molecule has 0 spiro atoms. The van der Waals surface area contributed by atoms with Crippen LogP contribution >= 0.6 is 0 Å². The molecule has 5 nitrogen and oxygen atoms in total. The Hall–Kier alpha value is -0.940. The lowest BCUT2D eigenvalue weighted by Gasteiger charge is -2.41. The van der Waals surface area contributed by atoms with Crippen LogP contribution in [0.4, 0.5) is 0 Å². The average Bonchev–Trinajstić information content (AvgIpc) is 3.02. The topological polar surface area (TPSA) is 51.4 Å². The van der Waals surface area contributed by atoms with Gasteiger partial charge in [-0.2, -0.15) is 4.98 Å². The van der Waals surface area contributed by atoms with E-state index in [0.717, 1.165) is 56.2 Å². The molecule has 3 fully saturated rings. The van der Waals surface area contributed by atoms with Crippen molar-refractivity contribution in [3.63, 3.8) is 0 Å². The van der Waals surface area contributed by atoms with Gasteiger partial charge >= 0.3 is 0 Å². The SMILES string of the molecule is C1CC(N2CCC(CCc3noc(C4CCOCC4)n3)CC2)C1. The van der Waals surface area contributed by atoms with Crippen LogP contribution in [-0.2, 0) is 11.2 Å². The van der Waals surface area contributed by atoms with E-state index < -0.39 is 0 Å². The van der Waals surface area contributed by atoms with Crippen molar-refractivity contribution >= 4 is 0 Å². The Morgan fingerprint density at radius 3 is 2.48 bits per heavy atom. The van der Waals surface area contributed by atoms with E-state index >= 15 is 0 Å². The highest BCUT2D eigenvalue weighted by Crippen LogP contribution is 2.30. The Morgan fingerprint density at radius 2 is 1.78 bits per heavy atom. The molecule has 1 saturated carbocycles. The highest BCUT2D eigenvalue weighted by molar-refractivity contribution is 4.95. The Balaban J connectivity index is 1.21. The van der Waals surface area contributed by atoms with Crippen molar-refractivity contribution in [2.45, 2.75) is 69.7 Å². The molecule has 0 atom stereocenters. The van der Waals surface area contributed by atoms with E-state index in [2.05, 4.69) is 15.0 Å². The summed E-state index contributed by atoms with van der Waals surface area (Å²) in [6, 6.07) is 0.912. The number of rotatable bonds is 5. The smallest absolute Gasteiger partial charge is 0.229 e. The quantitative estimate of drug-likeness (QED) is 0.834. The van der Waals surface area contributed by atoms with E-state index in [1.807, 2.05) is 0 Å². The molecule has 0 amide bonds. The molecule has 0 N–H and O–H groups in total. The molecule has 0 bridgehead atoms. The molecule has 0 unspecified atom stereocenters. The summed E-state index contributed by atoms with van der Waals surface area (Å²) in [6.45, 7) is 4.24. The molecule has 1 aliphatic carbocycles. The lowest BCUT2D eigenvalue weighted by atomic mass is 9.86. The maximum Gasteiger partial charge on any atom is 0.229 e. The van der Waals surface area contributed by atoms with Crippen LogP contribution in [0.1, 0.15) is 69.0 Å². The van der Waals surface area contributed by atoms with Gasteiger partial charge in [-0.1, -0.05) is 11.6 Å². The number of aryl methyl sites for hydroxylation is 1. The summed E-state index contributed by atoms with van der Waals surface area (Å²) in [5, 5.41) is 4.20. The zero-order valence-corrected chi connectivity index (χ0v) is 14.1. The first-order valence-electron chi connectivity index (χ1n) is 9.53. The Bertz CT molecular complexity index is 486. The van der Waals surface area contributed by atoms with Gasteiger partial charge in [0.05, 0.1) is 0 Å². The molecule has 1 aromatic heterocycles. The molecule has 3 aliphatic rings. The summed E-state index contributed by atoms with van der Waals surface area (Å²) in [7, 11) is 0. The number of aromatic nitrogens is 2. The first-order valence-corrected chi connectivity index (χ1v) is 9.53. The van der Waals surface area contributed by atoms with E-state index in [1.165, 1.54) is 51.6 Å². The third kappa shape index (κ3) is 3.77. The van der Waals surface area contributed by atoms with Crippen LogP contribution in [0.15, 0.2) is 4.52 Å². The molecular weight excluding hydrogens is 290 g/mol. The monoisotopic (exact) mass is 319 g/mol. The van der Waals surface area contributed by atoms with Gasteiger partial charge in [-0.15, -0.1) is 0 Å². The van der Waals surface area contributed by atoms with E-state index in [-0.39, 0.29) is 0 Å². The molecule has 5 heteroatoms. The molecule has 2 aliphatic heterocycles. The highest BCUT2D eigenvalue weighted by Gasteiger charge is 2.29. The second-order valence-electron chi connectivity index (χ2n) is 7.54. The van der Waals surface area contributed by atoms with Gasteiger partial charge < -0.3 is 14.2 Å². The first kappa shape index (κ1) is 15.6. The molecule has 4 rings (SSSR count). The van der Waals surface area contributed by atoms with Crippen LogP contribution in [-0.4, -0.2) is 47.4 Å². The minimum atomic E-state index is 0.413. The van der Waals surface area contributed by atoms with Gasteiger partial charge in [0.1, 0.15) is 0 Å². The van der Waals surface area contributed by atoms with E-state index in [0.29, 0.717) is 5.92 Å². The number of likely N-dealkylation sites (tertiary alicyclic amines) is 1. The molecule has 2 saturated heterocycles. The number of hydrogen-bond acceptors (Lipinski definition) is 5. The Kier molecular flexibility index (Phi) is 4.95. The zero-order chi connectivity index (χ0) is 15.5. The molecular formula is C18H29N3O2. The third-order valence-electron chi connectivity index (χ3n) is 6.07. The standard InChI is InChI=1S/C18H29N3O2/c1-2-16(3-1)21-10-6-14(7-11-21)4-5-17-19-18(23-20-17)15-8-12-22-13-9-15/h14-16H,1-13H2. The predicted molar refractivity (Wildman–Crippen MR) is 87.3 cm³/mol. The van der Waals surface area contributed by atoms with Crippen molar-refractivity contribution < 1.29 is 9.26 Å². The fourth-order valence-corrected chi connectivity index (χ4v) is 4.17. The van der Waals surface area contributed by atoms with Crippen molar-refractivity contribution in [1.82, 2.24) is 15.0 Å². The van der Waals surface area contributed by atoms with Crippen molar-refractivity contribution in [3.8, 4) is 0 Å². The second-order valence-corrected chi connectivity index (χ2v) is 7.54. The summed E-state index contributed by atoms with van der Waals surface area (Å²) in [6.07, 6.45) is 11.2. The number of hydrogen-bond donors (Lipinski definition) is 0. The van der Waals surface area contributed by atoms with E-state index in [4.69, 9.17) is 9.26 Å². The van der Waals surface area contributed by atoms with Crippen LogP contribution in [0.3, 0.4) is 0 Å². The maximum absolute atomic E-state index is 5.49. The van der Waals surface area contributed by atoms with Crippen LogP contribution in [0.25, 0.3) is 0 Å². The van der Waals surface area contributed by atoms with Gasteiger partial charge in [-0.25, -0.2) is 0 Å². The molecule has 0 radical (unpaired) electrons. The highest BCUT2D eigenvalue weighted by atomic mass is 16.5. The summed E-state index contributed by atoms with van der Waals surface area (Å²) in [5.74, 6) is 3.00.